The van der Waals surface area contributed by atoms with Gasteiger partial charge in [0, 0.05) is 37.1 Å². The van der Waals surface area contributed by atoms with Crippen LogP contribution in [0.1, 0.15) is 24.0 Å². The topological polar surface area (TPSA) is 79.4 Å². The molecular formula is C24H27N3O3S. The number of aromatic nitrogens is 1. The molecule has 0 atom stereocenters. The smallest absolute Gasteiger partial charge is 0.245 e. The summed E-state index contributed by atoms with van der Waals surface area (Å²) >= 11 is 0. The zero-order valence-corrected chi connectivity index (χ0v) is 18.4. The molecule has 0 radical (unpaired) electrons. The second kappa shape index (κ2) is 9.16. The van der Waals surface area contributed by atoms with Gasteiger partial charge in [-0.05, 0) is 43.9 Å². The van der Waals surface area contributed by atoms with Crippen LogP contribution in [0.5, 0.6) is 0 Å². The number of carbonyl (C=O) groups is 1. The summed E-state index contributed by atoms with van der Waals surface area (Å²) in [4.78, 5) is 17.1. The Labute approximate surface area is 183 Å². The summed E-state index contributed by atoms with van der Waals surface area (Å²) in [6, 6.07) is 17.1. The maximum absolute atomic E-state index is 13.2. The van der Waals surface area contributed by atoms with Crippen molar-refractivity contribution in [1.82, 2.24) is 14.6 Å². The molecule has 0 saturated carbocycles. The first-order chi connectivity index (χ1) is 14.9. The number of nitrogens with one attached hydrogen (secondary N) is 1. The lowest BCUT2D eigenvalue weighted by Crippen LogP contribution is -2.43. The molecule has 1 aliphatic heterocycles. The van der Waals surface area contributed by atoms with Gasteiger partial charge in [0.05, 0.1) is 5.52 Å². The summed E-state index contributed by atoms with van der Waals surface area (Å²) in [6.07, 6.45) is 3.44. The fraction of sp³-hybridized carbons (Fsp3) is 0.333. The Morgan fingerprint density at radius 3 is 2.61 bits per heavy atom. The molecule has 1 fully saturated rings. The molecule has 6 nitrogen and oxygen atoms in total. The minimum absolute atomic E-state index is 0.0107. The molecule has 1 N–H and O–H groups in total. The number of sulfonamides is 1. The molecule has 0 aliphatic carbocycles. The van der Waals surface area contributed by atoms with Gasteiger partial charge in [0.1, 0.15) is 4.90 Å². The summed E-state index contributed by atoms with van der Waals surface area (Å²) in [6.45, 7) is 3.31. The van der Waals surface area contributed by atoms with Crippen molar-refractivity contribution in [2.24, 2.45) is 5.92 Å². The third-order valence-corrected chi connectivity index (χ3v) is 7.76. The third-order valence-electron chi connectivity index (χ3n) is 5.83. The fourth-order valence-electron chi connectivity index (χ4n) is 4.12. The minimum atomic E-state index is -3.66. The second-order valence-corrected chi connectivity index (χ2v) is 9.95. The molecule has 4 rings (SSSR count). The molecule has 2 heterocycles. The van der Waals surface area contributed by atoms with Crippen molar-refractivity contribution in [3.8, 4) is 0 Å². The van der Waals surface area contributed by atoms with Crippen molar-refractivity contribution in [2.75, 3.05) is 19.6 Å². The predicted octanol–water partition coefficient (Wildman–Crippen LogP) is 3.30. The average molecular weight is 438 g/mol. The predicted molar refractivity (Wildman–Crippen MR) is 121 cm³/mol. The summed E-state index contributed by atoms with van der Waals surface area (Å²) in [7, 11) is -3.66. The van der Waals surface area contributed by atoms with Gasteiger partial charge >= 0.3 is 0 Å². The lowest BCUT2D eigenvalue weighted by molar-refractivity contribution is -0.126. The van der Waals surface area contributed by atoms with Crippen LogP contribution in [-0.2, 0) is 21.2 Å². The number of nitrogens with zero attached hydrogens (tertiary/aromatic N) is 2. The highest BCUT2D eigenvalue weighted by Gasteiger charge is 2.33. The molecule has 1 saturated heterocycles. The van der Waals surface area contributed by atoms with Crippen molar-refractivity contribution < 1.29 is 13.2 Å². The van der Waals surface area contributed by atoms with Crippen LogP contribution in [0.25, 0.3) is 10.9 Å². The Kier molecular flexibility index (Phi) is 6.34. The van der Waals surface area contributed by atoms with Crippen molar-refractivity contribution in [1.29, 1.82) is 0 Å². The van der Waals surface area contributed by atoms with E-state index >= 15 is 0 Å². The maximum atomic E-state index is 13.2. The number of hydrogen-bond acceptors (Lipinski definition) is 4. The molecule has 162 valence electrons. The summed E-state index contributed by atoms with van der Waals surface area (Å²) in [5.41, 5.74) is 2.89. The number of pyridine rings is 1. The zero-order valence-electron chi connectivity index (χ0n) is 17.6. The number of amides is 1. The molecule has 31 heavy (non-hydrogen) atoms. The number of fused-ring (bicyclic) bond motifs is 1. The SMILES string of the molecule is Cc1cccc(CCNC(=O)C2CCN(S(=O)(=O)c3cccc4cccnc34)CC2)c1. The molecule has 3 aromatic rings. The van der Waals surface area contributed by atoms with E-state index in [4.69, 9.17) is 0 Å². The zero-order chi connectivity index (χ0) is 21.8. The van der Waals surface area contributed by atoms with E-state index in [0.717, 1.165) is 11.8 Å². The highest BCUT2D eigenvalue weighted by molar-refractivity contribution is 7.89. The first kappa shape index (κ1) is 21.5. The van der Waals surface area contributed by atoms with Crippen LogP contribution in [0.4, 0.5) is 0 Å². The number of aryl methyl sites for hydroxylation is 1. The van der Waals surface area contributed by atoms with Gasteiger partial charge in [0.25, 0.3) is 0 Å². The number of piperidine rings is 1. The fourth-order valence-corrected chi connectivity index (χ4v) is 5.76. The summed E-state index contributed by atoms with van der Waals surface area (Å²) in [5.74, 6) is -0.147. The average Bonchev–Trinajstić information content (AvgIpc) is 2.79. The van der Waals surface area contributed by atoms with E-state index in [2.05, 4.69) is 35.4 Å². The van der Waals surface area contributed by atoms with Crippen LogP contribution in [-0.4, -0.2) is 43.2 Å². The maximum Gasteiger partial charge on any atom is 0.245 e. The minimum Gasteiger partial charge on any atom is -0.356 e. The molecular weight excluding hydrogens is 410 g/mol. The second-order valence-electron chi connectivity index (χ2n) is 8.04. The van der Waals surface area contributed by atoms with Gasteiger partial charge in [0.15, 0.2) is 0 Å². The third kappa shape index (κ3) is 4.78. The molecule has 1 amide bonds. The van der Waals surface area contributed by atoms with Gasteiger partial charge in [-0.25, -0.2) is 8.42 Å². The molecule has 0 spiro atoms. The molecule has 0 unspecified atom stereocenters. The van der Waals surface area contributed by atoms with E-state index in [1.54, 1.807) is 24.4 Å². The monoisotopic (exact) mass is 437 g/mol. The first-order valence-corrected chi connectivity index (χ1v) is 12.1. The molecule has 1 aliphatic rings. The van der Waals surface area contributed by atoms with Crippen molar-refractivity contribution in [2.45, 2.75) is 31.1 Å². The van der Waals surface area contributed by atoms with Crippen LogP contribution >= 0.6 is 0 Å². The van der Waals surface area contributed by atoms with Gasteiger partial charge < -0.3 is 5.32 Å². The Morgan fingerprint density at radius 2 is 1.84 bits per heavy atom. The highest BCUT2D eigenvalue weighted by Crippen LogP contribution is 2.27. The van der Waals surface area contributed by atoms with E-state index < -0.39 is 10.0 Å². The lowest BCUT2D eigenvalue weighted by Gasteiger charge is -2.30. The van der Waals surface area contributed by atoms with Crippen LogP contribution in [0.2, 0.25) is 0 Å². The van der Waals surface area contributed by atoms with Gasteiger partial charge in [-0.2, -0.15) is 4.31 Å². The van der Waals surface area contributed by atoms with Crippen LogP contribution in [0.3, 0.4) is 0 Å². The number of para-hydroxylation sites is 1. The largest absolute Gasteiger partial charge is 0.356 e. The van der Waals surface area contributed by atoms with E-state index in [-0.39, 0.29) is 16.7 Å². The number of rotatable bonds is 6. The van der Waals surface area contributed by atoms with E-state index in [9.17, 15) is 13.2 Å². The van der Waals surface area contributed by atoms with Crippen molar-refractivity contribution in [3.63, 3.8) is 0 Å². The summed E-state index contributed by atoms with van der Waals surface area (Å²) in [5, 5.41) is 3.81. The lowest BCUT2D eigenvalue weighted by atomic mass is 9.97. The Hall–Kier alpha value is -2.77. The quantitative estimate of drug-likeness (QED) is 0.642. The number of hydrogen-bond donors (Lipinski definition) is 1. The summed E-state index contributed by atoms with van der Waals surface area (Å²) < 4.78 is 27.9. The molecule has 0 bridgehead atoms. The Balaban J connectivity index is 1.35. The highest BCUT2D eigenvalue weighted by atomic mass is 32.2. The number of carbonyl (C=O) groups excluding carboxylic acids is 1. The van der Waals surface area contributed by atoms with Crippen LogP contribution in [0, 0.1) is 12.8 Å². The van der Waals surface area contributed by atoms with Gasteiger partial charge in [-0.1, -0.05) is 48.0 Å². The van der Waals surface area contributed by atoms with E-state index in [0.29, 0.717) is 38.0 Å². The van der Waals surface area contributed by atoms with E-state index in [1.807, 2.05) is 18.2 Å². The van der Waals surface area contributed by atoms with Crippen LogP contribution < -0.4 is 5.32 Å². The Bertz CT molecular complexity index is 1180. The van der Waals surface area contributed by atoms with Gasteiger partial charge in [-0.15, -0.1) is 0 Å². The normalized spacial score (nSPS) is 15.8. The number of benzene rings is 2. The molecule has 7 heteroatoms. The molecule has 1 aromatic heterocycles. The van der Waals surface area contributed by atoms with Crippen molar-refractivity contribution in [3.05, 3.63) is 71.9 Å². The first-order valence-electron chi connectivity index (χ1n) is 10.6. The van der Waals surface area contributed by atoms with E-state index in [1.165, 1.54) is 15.4 Å². The molecule has 2 aromatic carbocycles. The standard InChI is InChI=1S/C24H27N3O3S/c1-18-5-2-6-19(17-18)10-14-26-24(28)21-11-15-27(16-12-21)31(29,30)22-9-3-7-20-8-4-13-25-23(20)22/h2-9,13,17,21H,10-12,14-16H2,1H3,(H,26,28). The van der Waals surface area contributed by atoms with Gasteiger partial charge in [-0.3, -0.25) is 9.78 Å². The van der Waals surface area contributed by atoms with Crippen molar-refractivity contribution >= 4 is 26.8 Å². The Morgan fingerprint density at radius 1 is 1.10 bits per heavy atom. The van der Waals surface area contributed by atoms with Crippen LogP contribution in [0.15, 0.2) is 65.7 Å². The van der Waals surface area contributed by atoms with Gasteiger partial charge in [0.2, 0.25) is 15.9 Å².